The summed E-state index contributed by atoms with van der Waals surface area (Å²) in [4.78, 5) is 35.6. The van der Waals surface area contributed by atoms with Crippen LogP contribution in [0.4, 0.5) is 0 Å². The van der Waals surface area contributed by atoms with Gasteiger partial charge in [-0.3, -0.25) is 14.5 Å². The van der Waals surface area contributed by atoms with Crippen molar-refractivity contribution in [1.82, 2.24) is 25.5 Å². The van der Waals surface area contributed by atoms with Crippen molar-refractivity contribution in [3.8, 4) is 10.7 Å². The van der Waals surface area contributed by atoms with Crippen molar-refractivity contribution in [1.29, 1.82) is 0 Å². The van der Waals surface area contributed by atoms with Gasteiger partial charge in [-0.1, -0.05) is 6.07 Å². The maximum Gasteiger partial charge on any atom is 0.237 e. The van der Waals surface area contributed by atoms with E-state index in [0.29, 0.717) is 25.5 Å². The van der Waals surface area contributed by atoms with Gasteiger partial charge in [0, 0.05) is 44.6 Å². The molecule has 126 valence electrons. The maximum atomic E-state index is 12.1. The number of hydrogen-bond acceptors (Lipinski definition) is 6. The van der Waals surface area contributed by atoms with Gasteiger partial charge in [0.25, 0.3) is 0 Å². The standard InChI is InChI=1S/C16H19N5O2S/c1-17-14(22)7-12-16(23)18-4-5-21(12)10-11-8-19-15(20-9-11)13-3-2-6-24-13/h2-3,6,8-9,12H,4-5,7,10H2,1H3,(H,17,22)(H,18,23)/t12-/m1/s1. The third-order valence-electron chi connectivity index (χ3n) is 3.93. The highest BCUT2D eigenvalue weighted by Gasteiger charge is 2.31. The van der Waals surface area contributed by atoms with Crippen LogP contribution in [0, 0.1) is 0 Å². The zero-order valence-corrected chi connectivity index (χ0v) is 14.2. The van der Waals surface area contributed by atoms with E-state index >= 15 is 0 Å². The number of hydrogen-bond donors (Lipinski definition) is 2. The van der Waals surface area contributed by atoms with Crippen molar-refractivity contribution in [2.45, 2.75) is 19.0 Å². The average molecular weight is 345 g/mol. The topological polar surface area (TPSA) is 87.2 Å². The number of carbonyl (C=O) groups excluding carboxylic acids is 2. The first-order valence-corrected chi connectivity index (χ1v) is 8.62. The molecule has 0 aliphatic carbocycles. The van der Waals surface area contributed by atoms with Gasteiger partial charge in [0.15, 0.2) is 5.82 Å². The molecule has 1 atom stereocenters. The molecule has 3 rings (SSSR count). The fraction of sp³-hybridized carbons (Fsp3) is 0.375. The number of nitrogens with one attached hydrogen (secondary N) is 2. The molecule has 8 heteroatoms. The van der Waals surface area contributed by atoms with Gasteiger partial charge in [-0.25, -0.2) is 9.97 Å². The van der Waals surface area contributed by atoms with Crippen LogP contribution in [0.5, 0.6) is 0 Å². The van der Waals surface area contributed by atoms with Crippen LogP contribution in [0.2, 0.25) is 0 Å². The Kier molecular flexibility index (Phi) is 5.17. The van der Waals surface area contributed by atoms with Gasteiger partial charge < -0.3 is 10.6 Å². The molecule has 2 N–H and O–H groups in total. The van der Waals surface area contributed by atoms with E-state index in [1.165, 1.54) is 0 Å². The minimum Gasteiger partial charge on any atom is -0.359 e. The molecule has 0 saturated carbocycles. The molecule has 1 aliphatic rings. The molecule has 0 unspecified atom stereocenters. The Labute approximate surface area is 144 Å². The molecule has 2 aromatic heterocycles. The summed E-state index contributed by atoms with van der Waals surface area (Å²) in [5.74, 6) is 0.444. The van der Waals surface area contributed by atoms with Crippen molar-refractivity contribution in [3.63, 3.8) is 0 Å². The summed E-state index contributed by atoms with van der Waals surface area (Å²) in [7, 11) is 1.57. The smallest absolute Gasteiger partial charge is 0.237 e. The Morgan fingerprint density at radius 3 is 2.92 bits per heavy atom. The molecule has 2 amide bonds. The predicted octanol–water partition coefficient (Wildman–Crippen LogP) is 0.642. The number of rotatable bonds is 5. The van der Waals surface area contributed by atoms with Crippen LogP contribution in [-0.2, 0) is 16.1 Å². The minimum atomic E-state index is -0.462. The molecule has 7 nitrogen and oxygen atoms in total. The lowest BCUT2D eigenvalue weighted by Crippen LogP contribution is -2.56. The predicted molar refractivity (Wildman–Crippen MR) is 91.2 cm³/mol. The van der Waals surface area contributed by atoms with Crippen LogP contribution in [0.1, 0.15) is 12.0 Å². The lowest BCUT2D eigenvalue weighted by atomic mass is 10.1. The Balaban J connectivity index is 1.70. The van der Waals surface area contributed by atoms with Gasteiger partial charge in [0.05, 0.1) is 17.3 Å². The highest BCUT2D eigenvalue weighted by Crippen LogP contribution is 2.21. The molecule has 3 heterocycles. The number of amides is 2. The summed E-state index contributed by atoms with van der Waals surface area (Å²) in [6, 6.07) is 3.48. The number of thiophene rings is 1. The Morgan fingerprint density at radius 2 is 2.25 bits per heavy atom. The van der Waals surface area contributed by atoms with Crippen molar-refractivity contribution in [3.05, 3.63) is 35.5 Å². The maximum absolute atomic E-state index is 12.1. The number of piperazine rings is 1. The second-order valence-corrected chi connectivity index (χ2v) is 6.49. The monoisotopic (exact) mass is 345 g/mol. The van der Waals surface area contributed by atoms with Gasteiger partial charge >= 0.3 is 0 Å². The molecular formula is C16H19N5O2S. The van der Waals surface area contributed by atoms with E-state index < -0.39 is 6.04 Å². The summed E-state index contributed by atoms with van der Waals surface area (Å²) in [6.45, 7) is 1.82. The molecule has 1 aliphatic heterocycles. The van der Waals surface area contributed by atoms with E-state index in [2.05, 4.69) is 20.6 Å². The van der Waals surface area contributed by atoms with Crippen LogP contribution in [0.15, 0.2) is 29.9 Å². The van der Waals surface area contributed by atoms with Crippen molar-refractivity contribution < 1.29 is 9.59 Å². The second kappa shape index (κ2) is 7.50. The first-order valence-electron chi connectivity index (χ1n) is 7.74. The largest absolute Gasteiger partial charge is 0.359 e. The first-order chi connectivity index (χ1) is 11.7. The molecule has 1 saturated heterocycles. The van der Waals surface area contributed by atoms with Crippen LogP contribution in [0.25, 0.3) is 10.7 Å². The highest BCUT2D eigenvalue weighted by atomic mass is 32.1. The Hall–Kier alpha value is -2.32. The van der Waals surface area contributed by atoms with Gasteiger partial charge in [-0.15, -0.1) is 11.3 Å². The number of aromatic nitrogens is 2. The average Bonchev–Trinajstić information content (AvgIpc) is 3.13. The van der Waals surface area contributed by atoms with Crippen molar-refractivity contribution in [2.24, 2.45) is 0 Å². The summed E-state index contributed by atoms with van der Waals surface area (Å²) >= 11 is 1.59. The van der Waals surface area contributed by atoms with Crippen LogP contribution >= 0.6 is 11.3 Å². The van der Waals surface area contributed by atoms with E-state index in [-0.39, 0.29) is 18.2 Å². The quantitative estimate of drug-likeness (QED) is 0.830. The van der Waals surface area contributed by atoms with Gasteiger partial charge in [-0.2, -0.15) is 0 Å². The summed E-state index contributed by atoms with van der Waals surface area (Å²) in [5, 5.41) is 7.37. The first kappa shape index (κ1) is 16.5. The summed E-state index contributed by atoms with van der Waals surface area (Å²) in [5.41, 5.74) is 0.923. The molecule has 0 bridgehead atoms. The lowest BCUT2D eigenvalue weighted by Gasteiger charge is -2.34. The molecule has 1 fully saturated rings. The summed E-state index contributed by atoms with van der Waals surface area (Å²) < 4.78 is 0. The highest BCUT2D eigenvalue weighted by molar-refractivity contribution is 7.13. The normalized spacial score (nSPS) is 18.2. The fourth-order valence-electron chi connectivity index (χ4n) is 2.65. The zero-order valence-electron chi connectivity index (χ0n) is 13.4. The SMILES string of the molecule is CNC(=O)C[C@@H]1C(=O)NCCN1Cc1cnc(-c2cccs2)nc1. The number of carbonyl (C=O) groups is 2. The van der Waals surface area contributed by atoms with Crippen LogP contribution in [0.3, 0.4) is 0 Å². The van der Waals surface area contributed by atoms with Crippen molar-refractivity contribution >= 4 is 23.2 Å². The molecular weight excluding hydrogens is 326 g/mol. The second-order valence-electron chi connectivity index (χ2n) is 5.55. The molecule has 24 heavy (non-hydrogen) atoms. The van der Waals surface area contributed by atoms with E-state index in [1.807, 2.05) is 22.4 Å². The van der Waals surface area contributed by atoms with Crippen LogP contribution in [-0.4, -0.2) is 52.9 Å². The molecule has 2 aromatic rings. The molecule has 0 radical (unpaired) electrons. The Bertz CT molecular complexity index is 702. The zero-order chi connectivity index (χ0) is 16.9. The van der Waals surface area contributed by atoms with E-state index in [1.54, 1.807) is 30.8 Å². The molecule has 0 spiro atoms. The van der Waals surface area contributed by atoms with Crippen LogP contribution < -0.4 is 10.6 Å². The third kappa shape index (κ3) is 3.77. The van der Waals surface area contributed by atoms with Gasteiger partial charge in [0.2, 0.25) is 11.8 Å². The Morgan fingerprint density at radius 1 is 1.46 bits per heavy atom. The van der Waals surface area contributed by atoms with E-state index in [4.69, 9.17) is 0 Å². The molecule has 0 aromatic carbocycles. The minimum absolute atomic E-state index is 0.110. The van der Waals surface area contributed by atoms with Crippen molar-refractivity contribution in [2.75, 3.05) is 20.1 Å². The van der Waals surface area contributed by atoms with Gasteiger partial charge in [0.1, 0.15) is 0 Å². The number of nitrogens with zero attached hydrogens (tertiary/aromatic N) is 3. The summed E-state index contributed by atoms with van der Waals surface area (Å²) in [6.07, 6.45) is 3.72. The lowest BCUT2D eigenvalue weighted by molar-refractivity contribution is -0.134. The third-order valence-corrected chi connectivity index (χ3v) is 4.80. The van der Waals surface area contributed by atoms with E-state index in [9.17, 15) is 9.59 Å². The fourth-order valence-corrected chi connectivity index (χ4v) is 3.33. The van der Waals surface area contributed by atoms with Gasteiger partial charge in [-0.05, 0) is 11.4 Å². The van der Waals surface area contributed by atoms with E-state index in [0.717, 1.165) is 10.4 Å².